The minimum absolute atomic E-state index is 0.301. The van der Waals surface area contributed by atoms with Crippen LogP contribution in [0.2, 0.25) is 0 Å². The number of nitrogens with one attached hydrogen (secondary N) is 1. The molecule has 2 aromatic rings. The molecular weight excluding hydrogens is 257 g/mol. The quantitative estimate of drug-likeness (QED) is 0.921. The minimum atomic E-state index is -0.754. The summed E-state index contributed by atoms with van der Waals surface area (Å²) in [6.07, 6.45) is -0.754. The first-order chi connectivity index (χ1) is 8.65. The lowest BCUT2D eigenvalue weighted by atomic mass is 10.3. The number of benzene rings is 1. The van der Waals surface area contributed by atoms with Crippen LogP contribution in [0.3, 0.4) is 0 Å². The Kier molecular flexibility index (Phi) is 3.83. The molecule has 1 N–H and O–H groups in total. The molecule has 0 aliphatic rings. The zero-order valence-corrected chi connectivity index (χ0v) is 10.3. The highest BCUT2D eigenvalue weighted by atomic mass is 32.1. The molecule has 0 saturated heterocycles. The molecule has 2 rings (SSSR count). The van der Waals surface area contributed by atoms with Crippen molar-refractivity contribution >= 4 is 22.4 Å². The van der Waals surface area contributed by atoms with Gasteiger partial charge in [0.25, 0.3) is 5.91 Å². The van der Waals surface area contributed by atoms with Crippen molar-refractivity contribution < 1.29 is 13.9 Å². The van der Waals surface area contributed by atoms with Crippen molar-refractivity contribution in [1.29, 1.82) is 0 Å². The Labute approximate surface area is 107 Å². The predicted molar refractivity (Wildman–Crippen MR) is 65.0 cm³/mol. The lowest BCUT2D eigenvalue weighted by Gasteiger charge is -2.13. The Bertz CT molecular complexity index is 533. The summed E-state index contributed by atoms with van der Waals surface area (Å²) >= 11 is 1.21. The minimum Gasteiger partial charge on any atom is -0.481 e. The third-order valence-electron chi connectivity index (χ3n) is 2.07. The number of hydrogen-bond acceptors (Lipinski definition) is 5. The highest BCUT2D eigenvalue weighted by Crippen LogP contribution is 2.15. The van der Waals surface area contributed by atoms with Gasteiger partial charge in [-0.3, -0.25) is 10.1 Å². The number of ether oxygens (including phenoxy) is 1. The van der Waals surface area contributed by atoms with E-state index in [2.05, 4.69) is 15.5 Å². The van der Waals surface area contributed by atoms with Crippen LogP contribution in [0, 0.1) is 5.82 Å². The normalized spacial score (nSPS) is 11.9. The molecule has 5 nitrogen and oxygen atoms in total. The number of halogens is 1. The van der Waals surface area contributed by atoms with E-state index in [0.717, 1.165) is 0 Å². The van der Waals surface area contributed by atoms with Crippen LogP contribution in [0.5, 0.6) is 5.75 Å². The second-order valence-electron chi connectivity index (χ2n) is 3.45. The van der Waals surface area contributed by atoms with Crippen LogP contribution in [-0.4, -0.2) is 22.2 Å². The Morgan fingerprint density at radius 2 is 2.39 bits per heavy atom. The number of nitrogens with zero attached hydrogens (tertiary/aromatic N) is 2. The lowest BCUT2D eigenvalue weighted by molar-refractivity contribution is -0.122. The topological polar surface area (TPSA) is 64.1 Å². The number of anilines is 1. The highest BCUT2D eigenvalue weighted by Gasteiger charge is 2.16. The van der Waals surface area contributed by atoms with Gasteiger partial charge >= 0.3 is 0 Å². The smallest absolute Gasteiger partial charge is 0.266 e. The van der Waals surface area contributed by atoms with Crippen molar-refractivity contribution in [3.05, 3.63) is 35.6 Å². The molecule has 0 fully saturated rings. The van der Waals surface area contributed by atoms with Gasteiger partial charge in [0.05, 0.1) is 0 Å². The van der Waals surface area contributed by atoms with Gasteiger partial charge in [-0.2, -0.15) is 0 Å². The third kappa shape index (κ3) is 3.24. The van der Waals surface area contributed by atoms with Crippen molar-refractivity contribution in [2.45, 2.75) is 13.0 Å². The molecule has 0 unspecified atom stereocenters. The summed E-state index contributed by atoms with van der Waals surface area (Å²) in [7, 11) is 0. The van der Waals surface area contributed by atoms with Gasteiger partial charge in [0.2, 0.25) is 5.13 Å². The Balaban J connectivity index is 1.95. The molecule has 18 heavy (non-hydrogen) atoms. The predicted octanol–water partition coefficient (Wildman–Crippen LogP) is 2.08. The number of amides is 1. The third-order valence-corrected chi connectivity index (χ3v) is 2.67. The summed E-state index contributed by atoms with van der Waals surface area (Å²) in [4.78, 5) is 11.7. The van der Waals surface area contributed by atoms with Gasteiger partial charge < -0.3 is 4.74 Å². The largest absolute Gasteiger partial charge is 0.481 e. The van der Waals surface area contributed by atoms with Gasteiger partial charge in [0.1, 0.15) is 17.1 Å². The SMILES string of the molecule is C[C@@H](Oc1cccc(F)c1)C(=O)Nc1nncs1. The second-order valence-corrected chi connectivity index (χ2v) is 4.28. The fraction of sp³-hybridized carbons (Fsp3) is 0.182. The zero-order valence-electron chi connectivity index (χ0n) is 9.46. The van der Waals surface area contributed by atoms with Crippen LogP contribution in [0.25, 0.3) is 0 Å². The Morgan fingerprint density at radius 1 is 1.56 bits per heavy atom. The van der Waals surface area contributed by atoms with Crippen molar-refractivity contribution in [3.63, 3.8) is 0 Å². The summed E-state index contributed by atoms with van der Waals surface area (Å²) in [6, 6.07) is 5.62. The van der Waals surface area contributed by atoms with Crippen molar-refractivity contribution in [1.82, 2.24) is 10.2 Å². The maximum Gasteiger partial charge on any atom is 0.266 e. The van der Waals surface area contributed by atoms with Gasteiger partial charge in [0.15, 0.2) is 6.10 Å². The molecule has 0 saturated carbocycles. The summed E-state index contributed by atoms with van der Waals surface area (Å²) in [5, 5.41) is 10.2. The van der Waals surface area contributed by atoms with Crippen molar-refractivity contribution in [2.75, 3.05) is 5.32 Å². The van der Waals surface area contributed by atoms with E-state index in [0.29, 0.717) is 10.9 Å². The summed E-state index contributed by atoms with van der Waals surface area (Å²) in [6.45, 7) is 1.57. The van der Waals surface area contributed by atoms with Gasteiger partial charge in [-0.1, -0.05) is 17.4 Å². The summed E-state index contributed by atoms with van der Waals surface area (Å²) < 4.78 is 18.2. The van der Waals surface area contributed by atoms with Gasteiger partial charge in [0, 0.05) is 6.07 Å². The molecule has 1 atom stereocenters. The molecule has 0 bridgehead atoms. The highest BCUT2D eigenvalue weighted by molar-refractivity contribution is 7.13. The van der Waals surface area contributed by atoms with Crippen molar-refractivity contribution in [2.24, 2.45) is 0 Å². The van der Waals surface area contributed by atoms with Gasteiger partial charge in [-0.15, -0.1) is 10.2 Å². The fourth-order valence-electron chi connectivity index (χ4n) is 1.23. The Morgan fingerprint density at radius 3 is 3.06 bits per heavy atom. The van der Waals surface area contributed by atoms with Crippen LogP contribution >= 0.6 is 11.3 Å². The maximum absolute atomic E-state index is 12.9. The zero-order chi connectivity index (χ0) is 13.0. The number of carbonyl (C=O) groups excluding carboxylic acids is 1. The molecule has 1 heterocycles. The summed E-state index contributed by atoms with van der Waals surface area (Å²) in [5.41, 5.74) is 1.51. The number of aromatic nitrogens is 2. The first kappa shape index (κ1) is 12.4. The molecular formula is C11H10FN3O2S. The standard InChI is InChI=1S/C11H10FN3O2S/c1-7(10(16)14-11-15-13-6-18-11)17-9-4-2-3-8(12)5-9/h2-7H,1H3,(H,14,15,16)/t7-/m1/s1. The van der Waals surface area contributed by atoms with Gasteiger partial charge in [-0.25, -0.2) is 4.39 Å². The van der Waals surface area contributed by atoms with E-state index >= 15 is 0 Å². The van der Waals surface area contributed by atoms with E-state index in [1.54, 1.807) is 13.0 Å². The number of rotatable bonds is 4. The van der Waals surface area contributed by atoms with Crippen LogP contribution in [0.15, 0.2) is 29.8 Å². The molecule has 0 spiro atoms. The van der Waals surface area contributed by atoms with E-state index in [1.807, 2.05) is 0 Å². The average Bonchev–Trinajstić information content (AvgIpc) is 2.81. The second kappa shape index (κ2) is 5.54. The molecule has 0 aliphatic carbocycles. The van der Waals surface area contributed by atoms with E-state index in [4.69, 9.17) is 4.74 Å². The number of hydrogen-bond donors (Lipinski definition) is 1. The van der Waals surface area contributed by atoms with Crippen molar-refractivity contribution in [3.8, 4) is 5.75 Å². The van der Waals surface area contributed by atoms with E-state index in [1.165, 1.54) is 35.0 Å². The van der Waals surface area contributed by atoms with E-state index in [9.17, 15) is 9.18 Å². The summed E-state index contributed by atoms with van der Waals surface area (Å²) in [5.74, 6) is -0.477. The van der Waals surface area contributed by atoms with E-state index in [-0.39, 0.29) is 5.91 Å². The van der Waals surface area contributed by atoms with E-state index < -0.39 is 11.9 Å². The molecule has 1 aromatic heterocycles. The van der Waals surface area contributed by atoms with Crippen LogP contribution in [-0.2, 0) is 4.79 Å². The molecule has 7 heteroatoms. The first-order valence-electron chi connectivity index (χ1n) is 5.14. The molecule has 94 valence electrons. The molecule has 0 radical (unpaired) electrons. The lowest BCUT2D eigenvalue weighted by Crippen LogP contribution is -2.30. The molecule has 0 aliphatic heterocycles. The monoisotopic (exact) mass is 267 g/mol. The number of carbonyl (C=O) groups is 1. The van der Waals surface area contributed by atoms with Crippen LogP contribution < -0.4 is 10.1 Å². The Hall–Kier alpha value is -2.02. The fourth-order valence-corrected chi connectivity index (χ4v) is 1.68. The molecule has 1 aromatic carbocycles. The van der Waals surface area contributed by atoms with Gasteiger partial charge in [-0.05, 0) is 19.1 Å². The average molecular weight is 267 g/mol. The van der Waals surface area contributed by atoms with Crippen LogP contribution in [0.1, 0.15) is 6.92 Å². The van der Waals surface area contributed by atoms with Crippen LogP contribution in [0.4, 0.5) is 9.52 Å². The maximum atomic E-state index is 12.9. The molecule has 1 amide bonds. The first-order valence-corrected chi connectivity index (χ1v) is 6.02.